The number of nitrogens with zero attached hydrogens (tertiary/aromatic N) is 10. The lowest BCUT2D eigenvalue weighted by Crippen LogP contribution is -2.50. The molecule has 0 unspecified atom stereocenters. The lowest BCUT2D eigenvalue weighted by molar-refractivity contribution is 0.0134. The maximum absolute atomic E-state index is 12.4. The molecular formula is C83H128N14O16. The number of carbonyl (C=O) groups excluding carboxylic acids is 7. The summed E-state index contributed by atoms with van der Waals surface area (Å²) in [6.07, 6.45) is 2.50. The Morgan fingerprint density at radius 2 is 0.646 bits per heavy atom. The number of nitrogens with two attached hydrogens (primary N) is 1. The zero-order valence-electron chi connectivity index (χ0n) is 69.8. The molecule has 5 N–H and O–H groups in total. The van der Waals surface area contributed by atoms with E-state index >= 15 is 0 Å². The van der Waals surface area contributed by atoms with Crippen molar-refractivity contribution < 1.29 is 66.1 Å². The van der Waals surface area contributed by atoms with Crippen LogP contribution in [0.3, 0.4) is 0 Å². The minimum absolute atomic E-state index is 0.198. The number of ether oxygens (including phenoxy) is 5. The average molecular weight is 1580 g/mol. The van der Waals surface area contributed by atoms with Gasteiger partial charge in [0.15, 0.2) is 0 Å². The molecule has 5 saturated heterocycles. The first-order valence-electron chi connectivity index (χ1n) is 40.0. The van der Waals surface area contributed by atoms with Crippen molar-refractivity contribution in [2.75, 3.05) is 194 Å². The molecule has 8 heterocycles. The van der Waals surface area contributed by atoms with E-state index < -0.39 is 22.4 Å². The molecule has 0 radical (unpaired) electrons. The zero-order chi connectivity index (χ0) is 82.7. The van der Waals surface area contributed by atoms with Crippen LogP contribution in [-0.2, 0) is 23.7 Å². The Hall–Kier alpha value is -9.07. The number of piperazine rings is 5. The summed E-state index contributed by atoms with van der Waals surface area (Å²) in [5, 5.41) is 11.7. The molecular weight excluding hydrogens is 1450 g/mol. The van der Waals surface area contributed by atoms with Crippen molar-refractivity contribution in [3.63, 3.8) is 0 Å². The van der Waals surface area contributed by atoms with Gasteiger partial charge in [-0.2, -0.15) is 0 Å². The predicted molar refractivity (Wildman–Crippen MR) is 439 cm³/mol. The first-order chi connectivity index (χ1) is 53.3. The number of benzene rings is 3. The molecule has 0 spiro atoms. The van der Waals surface area contributed by atoms with Gasteiger partial charge >= 0.3 is 41.7 Å². The Morgan fingerprint density at radius 3 is 0.947 bits per heavy atom. The molecule has 6 aliphatic rings. The molecule has 3 aromatic carbocycles. The van der Waals surface area contributed by atoms with Crippen molar-refractivity contribution in [1.82, 2.24) is 54.3 Å². The molecule has 0 bridgehead atoms. The highest BCUT2D eigenvalue weighted by molar-refractivity contribution is 6.21. The molecule has 0 saturated carbocycles. The summed E-state index contributed by atoms with van der Waals surface area (Å²) in [4.78, 5) is 127. The van der Waals surface area contributed by atoms with Crippen LogP contribution in [0.1, 0.15) is 150 Å². The Morgan fingerprint density at radius 1 is 0.372 bits per heavy atom. The molecule has 30 nitrogen and oxygen atoms in total. The van der Waals surface area contributed by atoms with Gasteiger partial charge in [0.05, 0.1) is 22.5 Å². The second kappa shape index (κ2) is 42.9. The molecule has 5 fully saturated rings. The summed E-state index contributed by atoms with van der Waals surface area (Å²) < 4.78 is 37.3. The topological polar surface area (TPSA) is 321 Å². The number of hydrogen-bond acceptors (Lipinski definition) is 24. The van der Waals surface area contributed by atoms with E-state index in [0.717, 1.165) is 185 Å². The summed E-state index contributed by atoms with van der Waals surface area (Å²) in [5.41, 5.74) is 6.37. The van der Waals surface area contributed by atoms with E-state index in [-0.39, 0.29) is 59.1 Å². The maximum Gasteiger partial charge on any atom is 0.410 e. The number of nitrogens with one attached hydrogen (secondary N) is 3. The van der Waals surface area contributed by atoms with Crippen molar-refractivity contribution >= 4 is 75.6 Å². The van der Waals surface area contributed by atoms with E-state index in [0.29, 0.717) is 68.1 Å². The number of fused-ring (bicyclic) bond motifs is 3. The quantitative estimate of drug-likeness (QED) is 0.0291. The average Bonchev–Trinajstić information content (AvgIpc) is 1.63. The highest BCUT2D eigenvalue weighted by Gasteiger charge is 2.36. The van der Waals surface area contributed by atoms with Crippen LogP contribution in [0, 0.1) is 0 Å². The van der Waals surface area contributed by atoms with Crippen LogP contribution in [0.4, 0.5) is 35.3 Å². The van der Waals surface area contributed by atoms with Gasteiger partial charge in [-0.15, -0.1) is 0 Å². The van der Waals surface area contributed by atoms with Crippen LogP contribution >= 0.6 is 0 Å². The number of para-hydroxylation sites is 2. The predicted octanol–water partition coefficient (Wildman–Crippen LogP) is 10.2. The summed E-state index contributed by atoms with van der Waals surface area (Å²) in [6.45, 7) is 50.0. The number of carbonyl (C=O) groups is 7. The van der Waals surface area contributed by atoms with E-state index in [4.69, 9.17) is 38.3 Å². The van der Waals surface area contributed by atoms with Gasteiger partial charge in [-0.1, -0.05) is 36.4 Å². The fourth-order valence-electron chi connectivity index (χ4n) is 12.9. The third kappa shape index (κ3) is 32.0. The second-order valence-corrected chi connectivity index (χ2v) is 33.8. The lowest BCUT2D eigenvalue weighted by atomic mass is 10.1. The molecule has 2 aromatic heterocycles. The highest BCUT2D eigenvalue weighted by atomic mass is 16.6. The highest BCUT2D eigenvalue weighted by Crippen LogP contribution is 2.26. The molecule has 30 heteroatoms. The second-order valence-electron chi connectivity index (χ2n) is 33.8. The van der Waals surface area contributed by atoms with Crippen molar-refractivity contribution in [1.29, 1.82) is 0 Å². The largest absolute Gasteiger partial charge is 0.444 e. The van der Waals surface area contributed by atoms with Crippen LogP contribution < -0.4 is 32.9 Å². The smallest absolute Gasteiger partial charge is 0.410 e. The van der Waals surface area contributed by atoms with Gasteiger partial charge in [-0.3, -0.25) is 34.1 Å². The van der Waals surface area contributed by atoms with Gasteiger partial charge in [-0.25, -0.2) is 33.6 Å². The Kier molecular flexibility index (Phi) is 34.6. The Balaban J connectivity index is 0.000000201. The lowest BCUT2D eigenvalue weighted by Gasteiger charge is -2.35. The number of hydrogen-bond donors (Lipinski definition) is 4. The first-order valence-corrected chi connectivity index (χ1v) is 40.0. The van der Waals surface area contributed by atoms with Crippen molar-refractivity contribution in [3.05, 3.63) is 117 Å². The third-order valence-corrected chi connectivity index (χ3v) is 18.5. The zero-order valence-corrected chi connectivity index (χ0v) is 69.8. The Bertz CT molecular complexity index is 3810. The number of anilines is 2. The summed E-state index contributed by atoms with van der Waals surface area (Å²) in [5.74, 6) is -0.407. The van der Waals surface area contributed by atoms with Crippen LogP contribution in [0.5, 0.6) is 0 Å². The molecule has 11 rings (SSSR count). The van der Waals surface area contributed by atoms with Gasteiger partial charge < -0.3 is 78.7 Å². The first kappa shape index (κ1) is 91.1. The van der Waals surface area contributed by atoms with Crippen LogP contribution in [0.15, 0.2) is 103 Å². The van der Waals surface area contributed by atoms with E-state index in [1.807, 2.05) is 140 Å². The van der Waals surface area contributed by atoms with Crippen molar-refractivity contribution in [3.8, 4) is 0 Å². The molecule has 113 heavy (non-hydrogen) atoms. The fourth-order valence-corrected chi connectivity index (χ4v) is 12.9. The third-order valence-electron chi connectivity index (χ3n) is 18.5. The number of rotatable bonds is 17. The molecule has 5 aromatic rings. The van der Waals surface area contributed by atoms with Gasteiger partial charge in [0.25, 0.3) is 11.8 Å². The van der Waals surface area contributed by atoms with Crippen molar-refractivity contribution in [2.24, 2.45) is 5.73 Å². The van der Waals surface area contributed by atoms with Gasteiger partial charge in [0.1, 0.15) is 39.2 Å². The molecule has 6 aliphatic heterocycles. The minimum atomic E-state index is -0.486. The molecule has 0 atom stereocenters. The van der Waals surface area contributed by atoms with Crippen molar-refractivity contribution in [2.45, 2.75) is 158 Å². The van der Waals surface area contributed by atoms with E-state index in [1.54, 1.807) is 60.9 Å². The van der Waals surface area contributed by atoms with Gasteiger partial charge in [-0.05, 0) is 199 Å². The normalized spacial score (nSPS) is 16.9. The maximum atomic E-state index is 12.4. The van der Waals surface area contributed by atoms with E-state index in [9.17, 15) is 43.2 Å². The summed E-state index contributed by atoms with van der Waals surface area (Å²) in [6, 6.07) is 25.0. The fraction of sp³-hybridized carbons (Fsp3) is 0.627. The molecule has 0 aliphatic carbocycles. The number of amides is 7. The minimum Gasteiger partial charge on any atom is -0.444 e. The van der Waals surface area contributed by atoms with E-state index in [1.165, 1.54) is 17.0 Å². The molecule has 626 valence electrons. The molecule has 7 amide bonds. The van der Waals surface area contributed by atoms with Crippen LogP contribution in [-0.4, -0.2) is 303 Å². The summed E-state index contributed by atoms with van der Waals surface area (Å²) in [7, 11) is 0. The van der Waals surface area contributed by atoms with Gasteiger partial charge in [0, 0.05) is 173 Å². The summed E-state index contributed by atoms with van der Waals surface area (Å²) >= 11 is 0. The van der Waals surface area contributed by atoms with Gasteiger partial charge in [0.2, 0.25) is 0 Å². The van der Waals surface area contributed by atoms with E-state index in [2.05, 4.69) is 35.6 Å². The Labute approximate surface area is 667 Å². The standard InChI is InChI=1S/2C21H29N3O4.C20H27N3O4.C12H25N3O2.C9H18N2O2/c2*1-21(2,3)28-20(26)24-13-11-23(12-14-24)10-6-9-22-17-15-19(25)27-18-8-5-4-7-16(17)18;1-20(2,3)27-19(26)22-13-11-21(12-14-22)9-6-10-23-17(24)15-7-4-5-8-16(15)18(23)25;1-12(2,3)17-11(16)15-9-7-14(8-10-15)6-4-5-13;1-9(2,3)13-8(12)11-6-4-10-5-7-11/h2*4-5,7-8,15,22H,6,9-14H2,1-3H3;4-5,7-8H,6,9-14H2,1-3H3;4-10,13H2,1-3H3;10H,4-7H2,1-3H3. The SMILES string of the molecule is CC(C)(C)OC(=O)N1CCN(CCCN)CC1.CC(C)(C)OC(=O)N1CCN(CCCN2C(=O)c3ccccc3C2=O)CC1.CC(C)(C)OC(=O)N1CCN(CCCNc2cc(=O)oc3ccccc23)CC1.CC(C)(C)OC(=O)N1CCN(CCCNc2cc(=O)oc3ccccc23)CC1.CC(C)(C)OC(=O)N1CCNCC1. The van der Waals surface area contributed by atoms with Crippen LogP contribution in [0.25, 0.3) is 21.9 Å². The monoisotopic (exact) mass is 1580 g/mol. The van der Waals surface area contributed by atoms with Crippen LogP contribution in [0.2, 0.25) is 0 Å². The number of imide groups is 1.